The van der Waals surface area contributed by atoms with Gasteiger partial charge in [0.2, 0.25) is 0 Å². The molecule has 0 unspecified atom stereocenters. The van der Waals surface area contributed by atoms with Crippen molar-refractivity contribution in [3.8, 4) is 5.75 Å². The molecule has 6 heteroatoms. The molecule has 0 radical (unpaired) electrons. The lowest BCUT2D eigenvalue weighted by molar-refractivity contribution is -0.147. The molecule has 1 aromatic carbocycles. The molecule has 0 atom stereocenters. The summed E-state index contributed by atoms with van der Waals surface area (Å²) in [6, 6.07) is 4.07. The van der Waals surface area contributed by atoms with E-state index in [0.717, 1.165) is 36.0 Å². The molecule has 0 saturated heterocycles. The lowest BCUT2D eigenvalue weighted by Crippen LogP contribution is -2.26. The molecule has 5 nitrogen and oxygen atoms in total. The topological polar surface area (TPSA) is 61.8 Å². The van der Waals surface area contributed by atoms with Gasteiger partial charge in [0, 0.05) is 23.0 Å². The summed E-state index contributed by atoms with van der Waals surface area (Å²) in [5.41, 5.74) is 2.40. The maximum absolute atomic E-state index is 12.5. The van der Waals surface area contributed by atoms with E-state index in [9.17, 15) is 9.59 Å². The third kappa shape index (κ3) is 7.92. The first-order valence-corrected chi connectivity index (χ1v) is 12.4. The Labute approximate surface area is 208 Å². The van der Waals surface area contributed by atoms with Gasteiger partial charge in [-0.2, -0.15) is 0 Å². The van der Waals surface area contributed by atoms with E-state index in [1.54, 1.807) is 0 Å². The Morgan fingerprint density at radius 3 is 1.72 bits per heavy atom. The van der Waals surface area contributed by atoms with Gasteiger partial charge in [-0.05, 0) is 42.1 Å². The Hall–Kier alpha value is -1.31. The zero-order valence-corrected chi connectivity index (χ0v) is 23.5. The molecule has 0 N–H and O–H groups in total. The second-order valence-corrected chi connectivity index (χ2v) is 11.1. The number of halogens is 1. The molecule has 1 aromatic rings. The van der Waals surface area contributed by atoms with Crippen LogP contribution in [0.5, 0.6) is 5.75 Å². The van der Waals surface area contributed by atoms with Crippen molar-refractivity contribution >= 4 is 35.1 Å². The molecule has 1 rings (SSSR count). The zero-order chi connectivity index (χ0) is 24.7. The van der Waals surface area contributed by atoms with Gasteiger partial charge in [0.05, 0.1) is 6.61 Å². The second-order valence-electron chi connectivity index (χ2n) is 10.7. The Morgan fingerprint density at radius 1 is 0.875 bits per heavy atom. The molecule has 0 aromatic heterocycles. The fourth-order valence-corrected chi connectivity index (χ4v) is 3.85. The Balaban J connectivity index is 3.19. The highest BCUT2D eigenvalue weighted by Gasteiger charge is 2.30. The smallest absolute Gasteiger partial charge is 0.465 e. The molecule has 0 amide bonds. The van der Waals surface area contributed by atoms with Gasteiger partial charge in [-0.25, -0.2) is 4.79 Å². The third-order valence-corrected chi connectivity index (χ3v) is 6.78. The summed E-state index contributed by atoms with van der Waals surface area (Å²) in [4.78, 5) is 24.5. The maximum atomic E-state index is 12.5. The van der Waals surface area contributed by atoms with Crippen molar-refractivity contribution in [2.75, 3.05) is 6.61 Å². The van der Waals surface area contributed by atoms with E-state index in [4.69, 9.17) is 12.5 Å². The van der Waals surface area contributed by atoms with E-state index in [-0.39, 0.29) is 22.2 Å². The SMILES string of the molecule is CCC(CC)(CC)COC(=O)CCc1cc(C(C)(C)C)c(OC(=O)OI)c(C(C)(C)C)c1. The average molecular weight is 561 g/mol. The molecular weight excluding hydrogens is 519 g/mol. The first kappa shape index (κ1) is 28.7. The minimum Gasteiger partial charge on any atom is -0.465 e. The van der Waals surface area contributed by atoms with Crippen molar-refractivity contribution in [1.29, 1.82) is 0 Å². The van der Waals surface area contributed by atoms with Crippen LogP contribution in [0.1, 0.15) is 105 Å². The van der Waals surface area contributed by atoms with Crippen LogP contribution in [0.3, 0.4) is 0 Å². The second kappa shape index (κ2) is 11.7. The van der Waals surface area contributed by atoms with Crippen LogP contribution in [-0.4, -0.2) is 18.7 Å². The van der Waals surface area contributed by atoms with E-state index in [1.807, 2.05) is 12.1 Å². The van der Waals surface area contributed by atoms with Gasteiger partial charge in [-0.15, -0.1) is 0 Å². The molecular formula is C26H41IO5. The first-order valence-electron chi connectivity index (χ1n) is 11.6. The van der Waals surface area contributed by atoms with E-state index in [2.05, 4.69) is 62.3 Å². The van der Waals surface area contributed by atoms with Gasteiger partial charge in [0.25, 0.3) is 0 Å². The van der Waals surface area contributed by atoms with Crippen LogP contribution in [0.2, 0.25) is 0 Å². The summed E-state index contributed by atoms with van der Waals surface area (Å²) in [6.07, 6.45) is 3.13. The lowest BCUT2D eigenvalue weighted by atomic mass is 9.78. The van der Waals surface area contributed by atoms with Gasteiger partial charge in [-0.3, -0.25) is 4.79 Å². The predicted molar refractivity (Wildman–Crippen MR) is 138 cm³/mol. The summed E-state index contributed by atoms with van der Waals surface area (Å²) in [5.74, 6) is 0.366. The third-order valence-electron chi connectivity index (χ3n) is 6.42. The van der Waals surface area contributed by atoms with Crippen LogP contribution in [-0.2, 0) is 29.8 Å². The predicted octanol–water partition coefficient (Wildman–Crippen LogP) is 7.84. The standard InChI is InChI=1S/C26H41IO5/c1-10-26(11-2,12-3)17-30-21(28)14-13-18-15-19(24(4,5)6)22(31-23(29)32-27)20(16-18)25(7,8)9/h15-16H,10-14,17H2,1-9H3. The molecule has 182 valence electrons. The van der Waals surface area contributed by atoms with E-state index < -0.39 is 6.16 Å². The van der Waals surface area contributed by atoms with Gasteiger partial charge < -0.3 is 12.5 Å². The number of aryl methyl sites for hydroxylation is 1. The van der Waals surface area contributed by atoms with E-state index in [0.29, 0.717) is 25.2 Å². The molecule has 0 aliphatic carbocycles. The fourth-order valence-electron chi connectivity index (χ4n) is 3.76. The molecule has 0 heterocycles. The molecule has 0 bridgehead atoms. The molecule has 0 fully saturated rings. The highest BCUT2D eigenvalue weighted by atomic mass is 127. The van der Waals surface area contributed by atoms with Crippen molar-refractivity contribution < 1.29 is 22.1 Å². The fraction of sp³-hybridized carbons (Fsp3) is 0.692. The highest BCUT2D eigenvalue weighted by molar-refractivity contribution is 14.1. The van der Waals surface area contributed by atoms with E-state index >= 15 is 0 Å². The van der Waals surface area contributed by atoms with Crippen molar-refractivity contribution in [1.82, 2.24) is 0 Å². The van der Waals surface area contributed by atoms with Crippen LogP contribution >= 0.6 is 23.0 Å². The van der Waals surface area contributed by atoms with Crippen molar-refractivity contribution in [3.63, 3.8) is 0 Å². The minimum absolute atomic E-state index is 0.0702. The first-order chi connectivity index (χ1) is 14.7. The minimum atomic E-state index is -0.746. The normalized spacial score (nSPS) is 12.4. The van der Waals surface area contributed by atoms with E-state index in [1.165, 1.54) is 23.0 Å². The Morgan fingerprint density at radius 2 is 1.34 bits per heavy atom. The summed E-state index contributed by atoms with van der Waals surface area (Å²) in [7, 11) is 0. The van der Waals surface area contributed by atoms with Crippen LogP contribution in [0.25, 0.3) is 0 Å². The van der Waals surface area contributed by atoms with Gasteiger partial charge >= 0.3 is 12.1 Å². The quantitative estimate of drug-likeness (QED) is 0.175. The summed E-state index contributed by atoms with van der Waals surface area (Å²) in [5, 5.41) is 0. The number of hydrogen-bond donors (Lipinski definition) is 0. The average Bonchev–Trinajstić information content (AvgIpc) is 2.72. The number of rotatable bonds is 9. The summed E-state index contributed by atoms with van der Waals surface area (Å²) < 4.78 is 16.0. The summed E-state index contributed by atoms with van der Waals surface area (Å²) in [6.45, 7) is 19.4. The number of benzene rings is 1. The van der Waals surface area contributed by atoms with Crippen LogP contribution in [0.4, 0.5) is 4.79 Å². The number of carbonyl (C=O) groups excluding carboxylic acids is 2. The lowest BCUT2D eigenvalue weighted by Gasteiger charge is -2.30. The number of carbonyl (C=O) groups is 2. The molecule has 32 heavy (non-hydrogen) atoms. The largest absolute Gasteiger partial charge is 0.523 e. The monoisotopic (exact) mass is 560 g/mol. The van der Waals surface area contributed by atoms with Crippen molar-refractivity contribution in [2.45, 2.75) is 105 Å². The zero-order valence-electron chi connectivity index (χ0n) is 21.3. The van der Waals surface area contributed by atoms with Crippen molar-refractivity contribution in [2.24, 2.45) is 5.41 Å². The van der Waals surface area contributed by atoms with Crippen LogP contribution in [0.15, 0.2) is 12.1 Å². The number of esters is 1. The highest BCUT2D eigenvalue weighted by Crippen LogP contribution is 2.41. The molecule has 0 spiro atoms. The Bertz CT molecular complexity index is 739. The molecule has 0 saturated carbocycles. The number of hydrogen-bond acceptors (Lipinski definition) is 5. The van der Waals surface area contributed by atoms with Crippen molar-refractivity contribution in [3.05, 3.63) is 28.8 Å². The van der Waals surface area contributed by atoms with Gasteiger partial charge in [-0.1, -0.05) is 74.4 Å². The number of ether oxygens (including phenoxy) is 2. The Kier molecular flexibility index (Phi) is 10.5. The van der Waals surface area contributed by atoms with Gasteiger partial charge in [0.15, 0.2) is 23.0 Å². The molecule has 0 aliphatic rings. The van der Waals surface area contributed by atoms with Crippen LogP contribution in [0, 0.1) is 5.41 Å². The summed E-state index contributed by atoms with van der Waals surface area (Å²) >= 11 is 1.53. The maximum Gasteiger partial charge on any atom is 0.523 e. The van der Waals surface area contributed by atoms with Gasteiger partial charge in [0.1, 0.15) is 5.75 Å². The molecule has 0 aliphatic heterocycles. The van der Waals surface area contributed by atoms with Crippen LogP contribution < -0.4 is 4.74 Å².